The molecule has 0 spiro atoms. The Balaban J connectivity index is 1.66. The van der Waals surface area contributed by atoms with Gasteiger partial charge >= 0.3 is 0 Å². The molecule has 3 heterocycles. The average Bonchev–Trinajstić information content (AvgIpc) is 2.82. The van der Waals surface area contributed by atoms with Gasteiger partial charge in [-0.1, -0.05) is 6.07 Å². The fourth-order valence-electron chi connectivity index (χ4n) is 3.89. The molecule has 2 aromatic heterocycles. The molecule has 0 saturated carbocycles. The van der Waals surface area contributed by atoms with E-state index in [9.17, 15) is 32.3 Å². The number of Topliss-reactive ketones (excluding diaryl/α,β-unsaturated/α-hetero) is 2. The Morgan fingerprint density at radius 3 is 2.49 bits per heavy atom. The molecule has 0 amide bonds. The number of rotatable bonds is 5. The van der Waals surface area contributed by atoms with Crippen LogP contribution in [-0.2, 0) is 16.0 Å². The van der Waals surface area contributed by atoms with Crippen LogP contribution in [0.4, 0.5) is 17.6 Å². The largest absolute Gasteiger partial charge is 0.380 e. The van der Waals surface area contributed by atoms with E-state index in [1.165, 1.54) is 25.4 Å². The Labute approximate surface area is 197 Å². The van der Waals surface area contributed by atoms with Gasteiger partial charge in [-0.25, -0.2) is 22.5 Å². The molecule has 0 bridgehead atoms. The normalized spacial score (nSPS) is 24.4. The zero-order chi connectivity index (χ0) is 25.5. The number of pyridine rings is 2. The fraction of sp³-hybridized carbons (Fsp3) is 0.280. The Hall–Kier alpha value is -3.50. The van der Waals surface area contributed by atoms with Gasteiger partial charge in [-0.15, -0.1) is 0 Å². The van der Waals surface area contributed by atoms with Crippen LogP contribution >= 0.6 is 0 Å². The van der Waals surface area contributed by atoms with Gasteiger partial charge in [0.1, 0.15) is 40.5 Å². The summed E-state index contributed by atoms with van der Waals surface area (Å²) < 4.78 is 63.2. The van der Waals surface area contributed by atoms with E-state index in [1.807, 2.05) is 0 Å². The molecule has 182 valence electrons. The highest BCUT2D eigenvalue weighted by atomic mass is 19.1. The van der Waals surface area contributed by atoms with Crippen molar-refractivity contribution in [1.82, 2.24) is 9.97 Å². The molecule has 1 N–H and O–H groups in total. The molecule has 35 heavy (non-hydrogen) atoms. The summed E-state index contributed by atoms with van der Waals surface area (Å²) in [6.45, 7) is 2.59. The standard InChI is InChI=1S/C25H20F4N2O4/c1-12-25(2,34)24(33)21(29)23(35-12)14-8-9-30-11-13(14)10-19(32)18-7-6-17(28)22(31-18)20-15(26)4-3-5-16(20)27/h3-9,11-12,21,23,34H,10H2,1-2H3/t12-,21+,23+,25-/m1/s1. The van der Waals surface area contributed by atoms with Crippen molar-refractivity contribution >= 4 is 11.6 Å². The molecule has 1 saturated heterocycles. The van der Waals surface area contributed by atoms with Gasteiger partial charge in [0.2, 0.25) is 5.78 Å². The number of halogens is 4. The van der Waals surface area contributed by atoms with Crippen molar-refractivity contribution in [3.05, 3.63) is 83.1 Å². The Morgan fingerprint density at radius 1 is 1.11 bits per heavy atom. The van der Waals surface area contributed by atoms with Crippen molar-refractivity contribution in [2.24, 2.45) is 0 Å². The summed E-state index contributed by atoms with van der Waals surface area (Å²) >= 11 is 0. The number of nitrogens with zero attached hydrogens (tertiary/aromatic N) is 2. The van der Waals surface area contributed by atoms with Gasteiger partial charge < -0.3 is 9.84 Å². The minimum Gasteiger partial charge on any atom is -0.380 e. The summed E-state index contributed by atoms with van der Waals surface area (Å²) in [5, 5.41) is 10.2. The number of hydrogen-bond donors (Lipinski definition) is 1. The monoisotopic (exact) mass is 488 g/mol. The van der Waals surface area contributed by atoms with E-state index in [1.54, 1.807) is 0 Å². The highest BCUT2D eigenvalue weighted by molar-refractivity contribution is 5.96. The second kappa shape index (κ2) is 9.27. The number of aromatic nitrogens is 2. The molecule has 4 atom stereocenters. The van der Waals surface area contributed by atoms with E-state index in [-0.39, 0.29) is 16.8 Å². The first kappa shape index (κ1) is 24.6. The number of aliphatic hydroxyl groups is 1. The van der Waals surface area contributed by atoms with E-state index in [0.29, 0.717) is 0 Å². The zero-order valence-electron chi connectivity index (χ0n) is 18.6. The van der Waals surface area contributed by atoms with Crippen molar-refractivity contribution in [1.29, 1.82) is 0 Å². The number of ketones is 2. The number of carbonyl (C=O) groups excluding carboxylic acids is 2. The number of hydrogen-bond acceptors (Lipinski definition) is 6. The van der Waals surface area contributed by atoms with Crippen LogP contribution in [0.15, 0.2) is 48.8 Å². The van der Waals surface area contributed by atoms with Crippen LogP contribution in [0.3, 0.4) is 0 Å². The van der Waals surface area contributed by atoms with Gasteiger partial charge in [0.25, 0.3) is 0 Å². The minimum atomic E-state index is -2.20. The number of alkyl halides is 1. The fourth-order valence-corrected chi connectivity index (χ4v) is 3.89. The van der Waals surface area contributed by atoms with Crippen LogP contribution < -0.4 is 0 Å². The maximum Gasteiger partial charge on any atom is 0.203 e. The van der Waals surface area contributed by atoms with E-state index < -0.39 is 70.7 Å². The molecule has 1 aliphatic rings. The van der Waals surface area contributed by atoms with Gasteiger partial charge in [0.15, 0.2) is 12.0 Å². The highest BCUT2D eigenvalue weighted by Gasteiger charge is 2.51. The second-order valence-electron chi connectivity index (χ2n) is 8.41. The molecule has 0 unspecified atom stereocenters. The zero-order valence-corrected chi connectivity index (χ0v) is 18.6. The average molecular weight is 488 g/mol. The molecule has 1 aliphatic heterocycles. The van der Waals surface area contributed by atoms with Crippen LogP contribution in [0.1, 0.15) is 41.6 Å². The summed E-state index contributed by atoms with van der Waals surface area (Å²) in [7, 11) is 0. The summed E-state index contributed by atoms with van der Waals surface area (Å²) in [4.78, 5) is 33.1. The van der Waals surface area contributed by atoms with Crippen LogP contribution in [0.25, 0.3) is 11.3 Å². The van der Waals surface area contributed by atoms with E-state index >= 15 is 0 Å². The number of ether oxygens (including phenoxy) is 1. The topological polar surface area (TPSA) is 89.4 Å². The molecule has 3 aromatic rings. The molecular weight excluding hydrogens is 468 g/mol. The van der Waals surface area contributed by atoms with Crippen LogP contribution in [0.5, 0.6) is 0 Å². The summed E-state index contributed by atoms with van der Waals surface area (Å²) in [5.74, 6) is -4.84. The quantitative estimate of drug-likeness (QED) is 0.430. The van der Waals surface area contributed by atoms with Gasteiger partial charge in [-0.05, 0) is 55.3 Å². The molecule has 1 aromatic carbocycles. The summed E-state index contributed by atoms with van der Waals surface area (Å²) in [6, 6.07) is 6.31. The predicted molar refractivity (Wildman–Crippen MR) is 116 cm³/mol. The lowest BCUT2D eigenvalue weighted by atomic mass is 9.84. The van der Waals surface area contributed by atoms with Gasteiger partial charge in [0.05, 0.1) is 11.7 Å². The lowest BCUT2D eigenvalue weighted by molar-refractivity contribution is -0.194. The Morgan fingerprint density at radius 2 is 1.80 bits per heavy atom. The minimum absolute atomic E-state index is 0.166. The van der Waals surface area contributed by atoms with Crippen LogP contribution in [0, 0.1) is 17.5 Å². The molecule has 0 aliphatic carbocycles. The molecule has 1 fully saturated rings. The first-order chi connectivity index (χ1) is 16.5. The van der Waals surface area contributed by atoms with Crippen molar-refractivity contribution in [3.8, 4) is 11.3 Å². The third kappa shape index (κ3) is 4.46. The van der Waals surface area contributed by atoms with Crippen LogP contribution in [-0.4, -0.2) is 44.5 Å². The van der Waals surface area contributed by atoms with Crippen molar-refractivity contribution in [3.63, 3.8) is 0 Å². The maximum atomic E-state index is 14.9. The van der Waals surface area contributed by atoms with E-state index in [4.69, 9.17) is 4.74 Å². The van der Waals surface area contributed by atoms with Crippen LogP contribution in [0.2, 0.25) is 0 Å². The van der Waals surface area contributed by atoms with Crippen molar-refractivity contribution in [2.45, 2.75) is 44.2 Å². The van der Waals surface area contributed by atoms with Crippen molar-refractivity contribution < 1.29 is 37.0 Å². The Kier molecular flexibility index (Phi) is 6.52. The molecule has 10 heteroatoms. The van der Waals surface area contributed by atoms with E-state index in [0.717, 1.165) is 37.3 Å². The number of benzene rings is 1. The molecule has 4 rings (SSSR count). The Bertz CT molecular complexity index is 1290. The highest BCUT2D eigenvalue weighted by Crippen LogP contribution is 2.38. The summed E-state index contributed by atoms with van der Waals surface area (Å²) in [5.41, 5.74) is -3.31. The first-order valence-electron chi connectivity index (χ1n) is 10.7. The summed E-state index contributed by atoms with van der Waals surface area (Å²) in [6.07, 6.45) is -2.40. The predicted octanol–water partition coefficient (Wildman–Crippen LogP) is 4.10. The van der Waals surface area contributed by atoms with Gasteiger partial charge in [-0.2, -0.15) is 0 Å². The smallest absolute Gasteiger partial charge is 0.203 e. The second-order valence-corrected chi connectivity index (χ2v) is 8.41. The molecule has 0 radical (unpaired) electrons. The van der Waals surface area contributed by atoms with E-state index in [2.05, 4.69) is 9.97 Å². The molecular formula is C25H20F4N2O4. The SMILES string of the molecule is C[C@H]1O[C@@H](c2ccncc2CC(=O)c2ccc(F)c(-c3c(F)cccc3F)n2)[C@H](F)C(=O)[C@]1(C)O. The maximum absolute atomic E-state index is 14.9. The lowest BCUT2D eigenvalue weighted by Crippen LogP contribution is -2.57. The molecule has 6 nitrogen and oxygen atoms in total. The van der Waals surface area contributed by atoms with Gasteiger partial charge in [-0.3, -0.25) is 14.6 Å². The first-order valence-corrected chi connectivity index (χ1v) is 10.7. The third-order valence-electron chi connectivity index (χ3n) is 6.09. The third-order valence-corrected chi connectivity index (χ3v) is 6.09. The van der Waals surface area contributed by atoms with Gasteiger partial charge in [0, 0.05) is 18.8 Å². The van der Waals surface area contributed by atoms with Crippen molar-refractivity contribution in [2.75, 3.05) is 0 Å². The lowest BCUT2D eigenvalue weighted by Gasteiger charge is -2.40. The number of carbonyl (C=O) groups is 2.